The standard InChI is InChI=1S/C69H133N2O6P/c1-6-8-10-12-14-16-18-20-22-23-24-25-26-27-28-29-30-31-32-33-34-35-36-37-38-39-40-41-42-43-44-45-46-47-49-51-53-55-57-59-61-63-69(73)70-67(66-77-78(74,75)76-65-64-71(3,4)5)68(72)62-60-58-56-54-52-50-48-21-19-17-15-13-11-9-7-2/h8,10,14,16,20,22,24-25,67-68,72H,6-7,9,11-13,15,17-19,21,23,26-66H2,1-5H3,(H-,70,73,74,75)/p+1/b10-8-,16-14-,22-20-,25-24-. The van der Waals surface area contributed by atoms with Crippen LogP contribution in [0.5, 0.6) is 0 Å². The van der Waals surface area contributed by atoms with E-state index in [2.05, 4.69) is 67.8 Å². The summed E-state index contributed by atoms with van der Waals surface area (Å²) >= 11 is 0. The van der Waals surface area contributed by atoms with Crippen molar-refractivity contribution < 1.29 is 32.9 Å². The molecule has 3 N–H and O–H groups in total. The second-order valence-electron chi connectivity index (χ2n) is 24.5. The summed E-state index contributed by atoms with van der Waals surface area (Å²) < 4.78 is 23.8. The molecular formula is C69H134N2O6P+. The first-order chi connectivity index (χ1) is 38.0. The Morgan fingerprint density at radius 2 is 0.769 bits per heavy atom. The molecule has 0 spiro atoms. The lowest BCUT2D eigenvalue weighted by Crippen LogP contribution is -2.46. The lowest BCUT2D eigenvalue weighted by atomic mass is 10.0. The fourth-order valence-corrected chi connectivity index (χ4v) is 11.1. The van der Waals surface area contributed by atoms with Gasteiger partial charge in [-0.2, -0.15) is 0 Å². The average molecular weight is 1120 g/mol. The van der Waals surface area contributed by atoms with Crippen LogP contribution in [0.4, 0.5) is 0 Å². The number of carbonyl (C=O) groups excluding carboxylic acids is 1. The summed E-state index contributed by atoms with van der Waals surface area (Å²) in [5.41, 5.74) is 0. The first kappa shape index (κ1) is 76.5. The van der Waals surface area contributed by atoms with Crippen molar-refractivity contribution in [3.05, 3.63) is 48.6 Å². The molecule has 9 heteroatoms. The number of phosphoric ester groups is 1. The van der Waals surface area contributed by atoms with E-state index in [0.29, 0.717) is 23.9 Å². The fraction of sp³-hybridized carbons (Fsp3) is 0.870. The number of nitrogens with one attached hydrogen (secondary N) is 1. The third kappa shape index (κ3) is 62.1. The van der Waals surface area contributed by atoms with Crippen LogP contribution >= 0.6 is 7.82 Å². The zero-order valence-electron chi connectivity index (χ0n) is 52.7. The Bertz CT molecular complexity index is 1410. The lowest BCUT2D eigenvalue weighted by molar-refractivity contribution is -0.870. The van der Waals surface area contributed by atoms with Crippen molar-refractivity contribution in [1.29, 1.82) is 0 Å². The van der Waals surface area contributed by atoms with Gasteiger partial charge in [-0.15, -0.1) is 0 Å². The molecule has 0 aliphatic carbocycles. The molecule has 460 valence electrons. The van der Waals surface area contributed by atoms with Gasteiger partial charge in [0, 0.05) is 6.42 Å². The summed E-state index contributed by atoms with van der Waals surface area (Å²) in [7, 11) is 1.63. The molecule has 0 aromatic carbocycles. The van der Waals surface area contributed by atoms with E-state index >= 15 is 0 Å². The molecule has 3 atom stereocenters. The Morgan fingerprint density at radius 3 is 1.13 bits per heavy atom. The second kappa shape index (κ2) is 60.1. The van der Waals surface area contributed by atoms with Gasteiger partial charge in [0.2, 0.25) is 5.91 Å². The highest BCUT2D eigenvalue weighted by Crippen LogP contribution is 2.43. The third-order valence-electron chi connectivity index (χ3n) is 15.6. The number of allylic oxidation sites excluding steroid dienone is 8. The Hall–Kier alpha value is -1.54. The Labute approximate surface area is 486 Å². The molecule has 0 saturated carbocycles. The van der Waals surface area contributed by atoms with Gasteiger partial charge in [-0.05, 0) is 51.4 Å². The van der Waals surface area contributed by atoms with Crippen molar-refractivity contribution in [3.63, 3.8) is 0 Å². The van der Waals surface area contributed by atoms with Crippen LogP contribution in [0.25, 0.3) is 0 Å². The van der Waals surface area contributed by atoms with Gasteiger partial charge in [-0.1, -0.05) is 326 Å². The van der Waals surface area contributed by atoms with Crippen LogP contribution in [0, 0.1) is 0 Å². The van der Waals surface area contributed by atoms with Gasteiger partial charge in [-0.3, -0.25) is 13.8 Å². The minimum Gasteiger partial charge on any atom is -0.391 e. The van der Waals surface area contributed by atoms with Crippen LogP contribution in [-0.2, 0) is 18.4 Å². The molecule has 0 saturated heterocycles. The van der Waals surface area contributed by atoms with E-state index in [0.717, 1.165) is 64.2 Å². The highest BCUT2D eigenvalue weighted by Gasteiger charge is 2.28. The van der Waals surface area contributed by atoms with Crippen LogP contribution < -0.4 is 5.32 Å². The number of nitrogens with zero attached hydrogens (tertiary/aromatic N) is 1. The molecule has 0 aliphatic heterocycles. The summed E-state index contributed by atoms with van der Waals surface area (Å²) in [6.07, 6.45) is 80.8. The van der Waals surface area contributed by atoms with Crippen LogP contribution in [0.15, 0.2) is 48.6 Å². The van der Waals surface area contributed by atoms with Crippen molar-refractivity contribution in [3.8, 4) is 0 Å². The molecule has 3 unspecified atom stereocenters. The monoisotopic (exact) mass is 1120 g/mol. The summed E-state index contributed by atoms with van der Waals surface area (Å²) in [5, 5.41) is 14.1. The minimum absolute atomic E-state index is 0.0771. The molecule has 0 aliphatic rings. The van der Waals surface area contributed by atoms with E-state index in [1.54, 1.807) is 0 Å². The van der Waals surface area contributed by atoms with E-state index in [4.69, 9.17) is 9.05 Å². The average Bonchev–Trinajstić information content (AvgIpc) is 3.41. The van der Waals surface area contributed by atoms with Crippen molar-refractivity contribution in [2.24, 2.45) is 0 Å². The summed E-state index contributed by atoms with van der Waals surface area (Å²) in [6, 6.07) is -0.758. The molecule has 8 nitrogen and oxygen atoms in total. The number of carbonyl (C=O) groups is 1. The predicted octanol–water partition coefficient (Wildman–Crippen LogP) is 21.4. The van der Waals surface area contributed by atoms with E-state index < -0.39 is 20.0 Å². The number of amides is 1. The fourth-order valence-electron chi connectivity index (χ4n) is 10.3. The number of phosphoric acid groups is 1. The largest absolute Gasteiger partial charge is 0.472 e. The van der Waals surface area contributed by atoms with Gasteiger partial charge in [0.15, 0.2) is 0 Å². The third-order valence-corrected chi connectivity index (χ3v) is 16.6. The van der Waals surface area contributed by atoms with E-state index in [1.165, 1.54) is 244 Å². The van der Waals surface area contributed by atoms with Gasteiger partial charge < -0.3 is 19.8 Å². The maximum absolute atomic E-state index is 13.0. The van der Waals surface area contributed by atoms with Gasteiger partial charge in [0.05, 0.1) is 39.9 Å². The van der Waals surface area contributed by atoms with Gasteiger partial charge in [0.25, 0.3) is 0 Å². The maximum atomic E-state index is 13.0. The molecule has 1 amide bonds. The molecule has 78 heavy (non-hydrogen) atoms. The molecule has 0 radical (unpaired) electrons. The number of likely N-dealkylation sites (N-methyl/N-ethyl adjacent to an activating group) is 1. The molecule has 0 aromatic rings. The maximum Gasteiger partial charge on any atom is 0.472 e. The van der Waals surface area contributed by atoms with E-state index in [1.807, 2.05) is 21.1 Å². The number of aliphatic hydroxyl groups is 1. The number of rotatable bonds is 63. The molecule has 0 rings (SSSR count). The van der Waals surface area contributed by atoms with Crippen molar-refractivity contribution in [2.75, 3.05) is 40.9 Å². The molecule has 0 fully saturated rings. The topological polar surface area (TPSA) is 105 Å². The smallest absolute Gasteiger partial charge is 0.391 e. The zero-order valence-corrected chi connectivity index (χ0v) is 53.6. The highest BCUT2D eigenvalue weighted by atomic mass is 31.2. The molecule has 0 aromatic heterocycles. The number of quaternary nitrogens is 1. The number of hydrogen-bond acceptors (Lipinski definition) is 5. The molecule has 0 bridgehead atoms. The first-order valence-electron chi connectivity index (χ1n) is 34.0. The predicted molar refractivity (Wildman–Crippen MR) is 341 cm³/mol. The van der Waals surface area contributed by atoms with Crippen LogP contribution in [0.3, 0.4) is 0 Å². The SMILES string of the molecule is CC/C=C\C/C=C\C/C=C\C/C=C\CCCCCCCCCCCCCCCCCCCCCCCCCCCCCCC(=O)NC(COP(=O)(O)OCC[N+](C)(C)C)C(O)CCCCCCCCCCCCCCCCC. The zero-order chi connectivity index (χ0) is 57.0. The lowest BCUT2D eigenvalue weighted by Gasteiger charge is -2.26. The first-order valence-corrected chi connectivity index (χ1v) is 35.5. The highest BCUT2D eigenvalue weighted by molar-refractivity contribution is 7.47. The van der Waals surface area contributed by atoms with Crippen LogP contribution in [-0.4, -0.2) is 73.4 Å². The molecule has 0 heterocycles. The van der Waals surface area contributed by atoms with Crippen LogP contribution in [0.2, 0.25) is 0 Å². The number of aliphatic hydroxyl groups excluding tert-OH is 1. The van der Waals surface area contributed by atoms with Crippen molar-refractivity contribution in [1.82, 2.24) is 5.32 Å². The molecular weight excluding hydrogens is 984 g/mol. The Balaban J connectivity index is 3.83. The second-order valence-corrected chi connectivity index (χ2v) is 26.0. The summed E-state index contributed by atoms with van der Waals surface area (Å²) in [4.78, 5) is 23.4. The van der Waals surface area contributed by atoms with Gasteiger partial charge >= 0.3 is 7.82 Å². The van der Waals surface area contributed by atoms with Crippen molar-refractivity contribution in [2.45, 2.75) is 347 Å². The van der Waals surface area contributed by atoms with Crippen molar-refractivity contribution >= 4 is 13.7 Å². The van der Waals surface area contributed by atoms with E-state index in [9.17, 15) is 19.4 Å². The van der Waals surface area contributed by atoms with E-state index in [-0.39, 0.29) is 19.1 Å². The normalized spacial score (nSPS) is 14.0. The summed E-state index contributed by atoms with van der Waals surface area (Å²) in [5.74, 6) is -0.138. The van der Waals surface area contributed by atoms with Gasteiger partial charge in [-0.25, -0.2) is 4.57 Å². The minimum atomic E-state index is -4.32. The Kier molecular flexibility index (Phi) is 58.9. The quantitative estimate of drug-likeness (QED) is 0.0243. The van der Waals surface area contributed by atoms with Crippen LogP contribution in [0.1, 0.15) is 335 Å². The Morgan fingerprint density at radius 1 is 0.449 bits per heavy atom. The number of hydrogen-bond donors (Lipinski definition) is 3. The summed E-state index contributed by atoms with van der Waals surface area (Å²) in [6.45, 7) is 4.81. The van der Waals surface area contributed by atoms with Gasteiger partial charge in [0.1, 0.15) is 13.2 Å². The number of unbranched alkanes of at least 4 members (excludes halogenated alkanes) is 42.